The normalized spacial score (nSPS) is 13.9. The average molecular weight is 299 g/mol. The first kappa shape index (κ1) is 13.6. The number of hydrogen-bond donors (Lipinski definition) is 0. The van der Waals surface area contributed by atoms with Crippen LogP contribution in [-0.2, 0) is 16.3 Å². The third-order valence-electron chi connectivity index (χ3n) is 2.35. The molecule has 2 nitrogen and oxygen atoms in total. The Morgan fingerprint density at radius 2 is 1.61 bits per heavy atom. The highest BCUT2D eigenvalue weighted by atomic mass is 35.5. The Morgan fingerprint density at radius 1 is 1.00 bits per heavy atom. The minimum Gasteiger partial charge on any atom is -0.440 e. The van der Waals surface area contributed by atoms with Crippen molar-refractivity contribution in [2.45, 2.75) is 0 Å². The van der Waals surface area contributed by atoms with Crippen molar-refractivity contribution in [2.75, 3.05) is 7.11 Å². The molecule has 0 heterocycles. The maximum Gasteiger partial charge on any atom is 0.268 e. The highest BCUT2D eigenvalue weighted by molar-refractivity contribution is 8.13. The fraction of sp³-hybridized carbons (Fsp3) is 0.0769. The third-order valence-corrected chi connectivity index (χ3v) is 5.77. The van der Waals surface area contributed by atoms with Gasteiger partial charge in [0.15, 0.2) is 0 Å². The number of benzene rings is 2. The van der Waals surface area contributed by atoms with Crippen LogP contribution in [0.1, 0.15) is 0 Å². The van der Waals surface area contributed by atoms with Crippen LogP contribution in [-0.4, -0.2) is 7.11 Å². The Bertz CT molecular complexity index is 557. The van der Waals surface area contributed by atoms with E-state index in [1.54, 1.807) is 31.4 Å². The summed E-state index contributed by atoms with van der Waals surface area (Å²) >= 11 is 11.3. The SMILES string of the molecule is COP(=S)(Oc1ccc(Cl)cc1)c1ccccc1. The molecule has 0 saturated heterocycles. The molecule has 0 aliphatic carbocycles. The summed E-state index contributed by atoms with van der Waals surface area (Å²) in [4.78, 5) is 0. The molecular weight excluding hydrogens is 287 g/mol. The van der Waals surface area contributed by atoms with E-state index in [4.69, 9.17) is 32.5 Å². The zero-order valence-electron chi connectivity index (χ0n) is 9.75. The van der Waals surface area contributed by atoms with Gasteiger partial charge < -0.3 is 9.05 Å². The van der Waals surface area contributed by atoms with E-state index in [1.807, 2.05) is 30.3 Å². The van der Waals surface area contributed by atoms with E-state index < -0.39 is 6.49 Å². The standard InChI is InChI=1S/C13H12ClO2PS/c1-15-17(18,13-5-3-2-4-6-13)16-12-9-7-11(14)8-10-12/h2-10H,1H3. The minimum atomic E-state index is -2.50. The molecular formula is C13H12ClO2PS. The summed E-state index contributed by atoms with van der Waals surface area (Å²) in [6.45, 7) is -2.50. The van der Waals surface area contributed by atoms with E-state index in [9.17, 15) is 0 Å². The van der Waals surface area contributed by atoms with E-state index in [-0.39, 0.29) is 0 Å². The first-order valence-corrected chi connectivity index (χ1v) is 8.32. The lowest BCUT2D eigenvalue weighted by Crippen LogP contribution is -2.10. The molecule has 0 aliphatic rings. The molecule has 0 amide bonds. The zero-order chi connectivity index (χ0) is 13.0. The molecule has 0 spiro atoms. The van der Waals surface area contributed by atoms with E-state index in [0.717, 1.165) is 5.30 Å². The summed E-state index contributed by atoms with van der Waals surface area (Å²) in [6, 6.07) is 16.7. The van der Waals surface area contributed by atoms with Crippen molar-refractivity contribution in [3.63, 3.8) is 0 Å². The van der Waals surface area contributed by atoms with Crippen LogP contribution < -0.4 is 9.83 Å². The maximum absolute atomic E-state index is 5.84. The predicted molar refractivity (Wildman–Crippen MR) is 79.5 cm³/mol. The van der Waals surface area contributed by atoms with Gasteiger partial charge in [-0.2, -0.15) is 0 Å². The molecule has 1 atom stereocenters. The van der Waals surface area contributed by atoms with Crippen LogP contribution in [0.4, 0.5) is 0 Å². The first-order chi connectivity index (χ1) is 8.64. The fourth-order valence-electron chi connectivity index (χ4n) is 1.44. The van der Waals surface area contributed by atoms with Crippen LogP contribution in [0.3, 0.4) is 0 Å². The van der Waals surface area contributed by atoms with Crippen molar-refractivity contribution < 1.29 is 9.05 Å². The Morgan fingerprint density at radius 3 is 2.17 bits per heavy atom. The summed E-state index contributed by atoms with van der Waals surface area (Å²) in [5, 5.41) is 1.55. The van der Waals surface area contributed by atoms with Crippen molar-refractivity contribution >= 4 is 35.2 Å². The van der Waals surface area contributed by atoms with Gasteiger partial charge in [0, 0.05) is 17.4 Å². The zero-order valence-corrected chi connectivity index (χ0v) is 12.2. The van der Waals surface area contributed by atoms with Gasteiger partial charge >= 0.3 is 0 Å². The predicted octanol–water partition coefficient (Wildman–Crippen LogP) is 4.00. The summed E-state index contributed by atoms with van der Waals surface area (Å²) < 4.78 is 11.3. The Kier molecular flexibility index (Phi) is 4.41. The van der Waals surface area contributed by atoms with E-state index in [2.05, 4.69) is 0 Å². The maximum atomic E-state index is 5.84. The summed E-state index contributed by atoms with van der Waals surface area (Å²) in [5.41, 5.74) is 0. The molecule has 0 N–H and O–H groups in total. The molecule has 0 bridgehead atoms. The van der Waals surface area contributed by atoms with Gasteiger partial charge in [0.25, 0.3) is 6.49 Å². The molecule has 0 aromatic heterocycles. The number of hydrogen-bond acceptors (Lipinski definition) is 3. The van der Waals surface area contributed by atoms with Crippen LogP contribution in [0.15, 0.2) is 54.6 Å². The highest BCUT2D eigenvalue weighted by Gasteiger charge is 2.21. The smallest absolute Gasteiger partial charge is 0.268 e. The van der Waals surface area contributed by atoms with E-state index >= 15 is 0 Å². The second kappa shape index (κ2) is 5.85. The summed E-state index contributed by atoms with van der Waals surface area (Å²) in [5.74, 6) is 0.661. The molecule has 0 radical (unpaired) electrons. The van der Waals surface area contributed by atoms with Crippen molar-refractivity contribution in [1.82, 2.24) is 0 Å². The van der Waals surface area contributed by atoms with Gasteiger partial charge in [-0.15, -0.1) is 0 Å². The monoisotopic (exact) mass is 298 g/mol. The summed E-state index contributed by atoms with van der Waals surface area (Å²) in [6.07, 6.45) is 0. The number of halogens is 1. The topological polar surface area (TPSA) is 18.5 Å². The van der Waals surface area contributed by atoms with Crippen LogP contribution in [0.25, 0.3) is 0 Å². The van der Waals surface area contributed by atoms with Crippen LogP contribution >= 0.6 is 18.1 Å². The average Bonchev–Trinajstić information content (AvgIpc) is 2.42. The van der Waals surface area contributed by atoms with Gasteiger partial charge in [-0.3, -0.25) is 0 Å². The van der Waals surface area contributed by atoms with Gasteiger partial charge in [0.2, 0.25) is 0 Å². The lowest BCUT2D eigenvalue weighted by Gasteiger charge is -2.21. The number of rotatable bonds is 4. The van der Waals surface area contributed by atoms with Crippen molar-refractivity contribution in [3.05, 3.63) is 59.6 Å². The third kappa shape index (κ3) is 3.12. The van der Waals surface area contributed by atoms with Crippen LogP contribution in [0.2, 0.25) is 5.02 Å². The molecule has 0 saturated carbocycles. The molecule has 94 valence electrons. The van der Waals surface area contributed by atoms with Gasteiger partial charge in [0.1, 0.15) is 5.75 Å². The molecule has 2 aromatic rings. The molecule has 0 aliphatic heterocycles. The first-order valence-electron chi connectivity index (χ1n) is 5.30. The molecule has 2 rings (SSSR count). The Hall–Kier alpha value is -0.860. The molecule has 0 fully saturated rings. The summed E-state index contributed by atoms with van der Waals surface area (Å²) in [7, 11) is 1.57. The van der Waals surface area contributed by atoms with Gasteiger partial charge in [-0.05, 0) is 48.2 Å². The Labute approximate surface area is 117 Å². The quantitative estimate of drug-likeness (QED) is 0.795. The van der Waals surface area contributed by atoms with Crippen molar-refractivity contribution in [1.29, 1.82) is 0 Å². The van der Waals surface area contributed by atoms with E-state index in [0.29, 0.717) is 10.8 Å². The minimum absolute atomic E-state index is 0.660. The van der Waals surface area contributed by atoms with E-state index in [1.165, 1.54) is 0 Å². The molecule has 1 unspecified atom stereocenters. The lowest BCUT2D eigenvalue weighted by atomic mass is 10.3. The van der Waals surface area contributed by atoms with Crippen LogP contribution in [0, 0.1) is 0 Å². The second-order valence-corrected chi connectivity index (χ2v) is 7.50. The Balaban J connectivity index is 2.29. The van der Waals surface area contributed by atoms with Crippen LogP contribution in [0.5, 0.6) is 5.75 Å². The highest BCUT2D eigenvalue weighted by Crippen LogP contribution is 2.46. The lowest BCUT2D eigenvalue weighted by molar-refractivity contribution is 0.402. The second-order valence-electron chi connectivity index (χ2n) is 3.56. The van der Waals surface area contributed by atoms with Crippen molar-refractivity contribution in [2.24, 2.45) is 0 Å². The molecule has 5 heteroatoms. The van der Waals surface area contributed by atoms with Gasteiger partial charge in [-0.1, -0.05) is 29.8 Å². The van der Waals surface area contributed by atoms with Crippen molar-refractivity contribution in [3.8, 4) is 5.75 Å². The van der Waals surface area contributed by atoms with Gasteiger partial charge in [-0.25, -0.2) is 0 Å². The fourth-order valence-corrected chi connectivity index (χ4v) is 3.52. The molecule has 2 aromatic carbocycles. The van der Waals surface area contributed by atoms with Gasteiger partial charge in [0.05, 0.1) is 0 Å². The molecule has 18 heavy (non-hydrogen) atoms. The largest absolute Gasteiger partial charge is 0.440 e.